The first-order valence-electron chi connectivity index (χ1n) is 11.5. The summed E-state index contributed by atoms with van der Waals surface area (Å²) in [7, 11) is 0. The monoisotopic (exact) mass is 613 g/mol. The van der Waals surface area contributed by atoms with Gasteiger partial charge in [-0.1, -0.05) is 18.2 Å². The van der Waals surface area contributed by atoms with Crippen molar-refractivity contribution in [1.82, 2.24) is 4.90 Å². The van der Waals surface area contributed by atoms with Gasteiger partial charge in [-0.25, -0.2) is 0 Å². The summed E-state index contributed by atoms with van der Waals surface area (Å²) in [5.74, 6) is 0.228. The quantitative estimate of drug-likeness (QED) is 0.142. The molecule has 0 N–H and O–H groups in total. The van der Waals surface area contributed by atoms with E-state index in [9.17, 15) is 29.8 Å². The van der Waals surface area contributed by atoms with Gasteiger partial charge in [-0.3, -0.25) is 34.7 Å². The number of hydrogen-bond donors (Lipinski definition) is 0. The summed E-state index contributed by atoms with van der Waals surface area (Å²) in [5, 5.41) is 21.7. The number of non-ortho nitro benzene ring substituents is 1. The summed E-state index contributed by atoms with van der Waals surface area (Å²) in [5.41, 5.74) is 1.33. The lowest BCUT2D eigenvalue weighted by atomic mass is 10.1. The fraction of sp³-hybridized carbons (Fsp3) is 0.154. The lowest BCUT2D eigenvalue weighted by Crippen LogP contribution is -2.27. The fourth-order valence-electron chi connectivity index (χ4n) is 3.72. The zero-order valence-electron chi connectivity index (χ0n) is 20.4. The molecule has 0 aromatic heterocycles. The first kappa shape index (κ1) is 27.8. The minimum atomic E-state index is -0.560. The van der Waals surface area contributed by atoms with Crippen LogP contribution >= 0.6 is 27.7 Å². The third kappa shape index (κ3) is 6.44. The third-order valence-corrected chi connectivity index (χ3v) is 7.05. The summed E-state index contributed by atoms with van der Waals surface area (Å²) in [6.07, 6.45) is 1.54. The van der Waals surface area contributed by atoms with Crippen LogP contribution in [0, 0.1) is 20.2 Å². The lowest BCUT2D eigenvalue weighted by molar-refractivity contribution is -0.385. The SMILES string of the molecule is CCOc1cc(/C=C2/SC(=O)N(Cc3ccccc3[N+](=O)[O-])C2=O)cc(Br)c1OCc1ccc([N+](=O)[O-])cc1. The molecule has 1 aliphatic heterocycles. The van der Waals surface area contributed by atoms with E-state index in [-0.39, 0.29) is 35.0 Å². The molecule has 0 spiro atoms. The highest BCUT2D eigenvalue weighted by Crippen LogP contribution is 2.40. The van der Waals surface area contributed by atoms with Gasteiger partial charge in [0.15, 0.2) is 11.5 Å². The Bertz CT molecular complexity index is 1490. The number of nitro groups is 2. The van der Waals surface area contributed by atoms with Gasteiger partial charge < -0.3 is 9.47 Å². The minimum Gasteiger partial charge on any atom is -0.490 e. The molecule has 0 unspecified atom stereocenters. The Hall–Kier alpha value is -4.23. The molecule has 0 radical (unpaired) electrons. The average Bonchev–Trinajstić information content (AvgIpc) is 3.16. The highest BCUT2D eigenvalue weighted by Gasteiger charge is 2.36. The molecular weight excluding hydrogens is 594 g/mol. The number of ether oxygens (including phenoxy) is 2. The number of halogens is 1. The lowest BCUT2D eigenvalue weighted by Gasteiger charge is -2.15. The molecule has 4 rings (SSSR count). The molecule has 3 aromatic rings. The van der Waals surface area contributed by atoms with E-state index in [2.05, 4.69) is 15.9 Å². The molecule has 0 bridgehead atoms. The molecule has 200 valence electrons. The predicted molar refractivity (Wildman–Crippen MR) is 147 cm³/mol. The zero-order chi connectivity index (χ0) is 28.1. The number of carbonyl (C=O) groups excluding carboxylic acids is 2. The van der Waals surface area contributed by atoms with E-state index in [0.29, 0.717) is 33.7 Å². The molecule has 1 saturated heterocycles. The predicted octanol–water partition coefficient (Wildman–Crippen LogP) is 6.48. The van der Waals surface area contributed by atoms with Crippen molar-refractivity contribution >= 4 is 56.3 Å². The second-order valence-electron chi connectivity index (χ2n) is 8.13. The maximum absolute atomic E-state index is 13.0. The van der Waals surface area contributed by atoms with E-state index in [4.69, 9.17) is 9.47 Å². The van der Waals surface area contributed by atoms with Gasteiger partial charge in [-0.05, 0) is 76.1 Å². The minimum absolute atomic E-state index is 0.0225. The van der Waals surface area contributed by atoms with Crippen LogP contribution in [0.3, 0.4) is 0 Å². The van der Waals surface area contributed by atoms with Gasteiger partial charge in [-0.2, -0.15) is 0 Å². The van der Waals surface area contributed by atoms with Crippen LogP contribution in [0.4, 0.5) is 16.2 Å². The molecular formula is C26H20BrN3O8S. The van der Waals surface area contributed by atoms with Crippen LogP contribution < -0.4 is 9.47 Å². The number of carbonyl (C=O) groups is 2. The van der Waals surface area contributed by atoms with Crippen LogP contribution in [-0.4, -0.2) is 32.5 Å². The third-order valence-electron chi connectivity index (χ3n) is 5.55. The largest absolute Gasteiger partial charge is 0.490 e. The summed E-state index contributed by atoms with van der Waals surface area (Å²) < 4.78 is 12.2. The molecule has 1 heterocycles. The zero-order valence-corrected chi connectivity index (χ0v) is 22.8. The molecule has 39 heavy (non-hydrogen) atoms. The highest BCUT2D eigenvalue weighted by atomic mass is 79.9. The number of rotatable bonds is 10. The maximum atomic E-state index is 13.0. The van der Waals surface area contributed by atoms with Crippen molar-refractivity contribution < 1.29 is 28.9 Å². The molecule has 2 amide bonds. The maximum Gasteiger partial charge on any atom is 0.293 e. The van der Waals surface area contributed by atoms with E-state index >= 15 is 0 Å². The second-order valence-corrected chi connectivity index (χ2v) is 9.98. The van der Waals surface area contributed by atoms with Gasteiger partial charge in [0.2, 0.25) is 0 Å². The Morgan fingerprint density at radius 3 is 2.38 bits per heavy atom. The normalized spacial score (nSPS) is 14.1. The van der Waals surface area contributed by atoms with Crippen molar-refractivity contribution in [3.63, 3.8) is 0 Å². The van der Waals surface area contributed by atoms with Crippen LogP contribution in [0.15, 0.2) is 70.0 Å². The number of para-hydroxylation sites is 1. The molecule has 0 saturated carbocycles. The molecule has 1 fully saturated rings. The van der Waals surface area contributed by atoms with Gasteiger partial charge in [-0.15, -0.1) is 0 Å². The van der Waals surface area contributed by atoms with Crippen LogP contribution in [0.1, 0.15) is 23.6 Å². The van der Waals surface area contributed by atoms with Gasteiger partial charge in [0, 0.05) is 23.8 Å². The first-order chi connectivity index (χ1) is 18.7. The van der Waals surface area contributed by atoms with Crippen LogP contribution in [0.25, 0.3) is 6.08 Å². The Morgan fingerprint density at radius 2 is 1.72 bits per heavy atom. The van der Waals surface area contributed by atoms with Crippen LogP contribution in [0.5, 0.6) is 11.5 Å². The van der Waals surface area contributed by atoms with Crippen LogP contribution in [-0.2, 0) is 17.9 Å². The second kappa shape index (κ2) is 12.1. The number of thioether (sulfide) groups is 1. The van der Waals surface area contributed by atoms with Crippen molar-refractivity contribution in [2.45, 2.75) is 20.1 Å². The summed E-state index contributed by atoms with van der Waals surface area (Å²) >= 11 is 4.21. The molecule has 0 aliphatic carbocycles. The van der Waals surface area contributed by atoms with Gasteiger partial charge in [0.25, 0.3) is 22.5 Å². The Morgan fingerprint density at radius 1 is 1.00 bits per heavy atom. The molecule has 1 aliphatic rings. The van der Waals surface area contributed by atoms with Crippen molar-refractivity contribution in [1.29, 1.82) is 0 Å². The Balaban J connectivity index is 1.55. The number of benzene rings is 3. The fourth-order valence-corrected chi connectivity index (χ4v) is 5.14. The standard InChI is InChI=1S/C26H20BrN3O8S/c1-2-37-22-12-17(11-20(27)24(22)38-15-16-7-9-19(10-8-16)29(33)34)13-23-25(31)28(26(32)39-23)14-18-5-3-4-6-21(18)30(35)36/h3-13H,2,14-15H2,1H3/b23-13+. The average molecular weight is 614 g/mol. The Kier molecular flexibility index (Phi) is 8.62. The van der Waals surface area contributed by atoms with Crippen molar-refractivity contribution in [2.24, 2.45) is 0 Å². The van der Waals surface area contributed by atoms with E-state index in [1.807, 2.05) is 0 Å². The van der Waals surface area contributed by atoms with Crippen LogP contribution in [0.2, 0.25) is 0 Å². The van der Waals surface area contributed by atoms with E-state index < -0.39 is 21.0 Å². The van der Waals surface area contributed by atoms with Gasteiger partial charge in [0.1, 0.15) is 6.61 Å². The highest BCUT2D eigenvalue weighted by molar-refractivity contribution is 9.10. The van der Waals surface area contributed by atoms with E-state index in [0.717, 1.165) is 16.7 Å². The summed E-state index contributed by atoms with van der Waals surface area (Å²) in [6.45, 7) is 2.04. The smallest absolute Gasteiger partial charge is 0.293 e. The molecule has 0 atom stereocenters. The Labute approximate surface area is 234 Å². The number of nitrogens with zero attached hydrogens (tertiary/aromatic N) is 3. The molecule has 11 nitrogen and oxygen atoms in total. The van der Waals surface area contributed by atoms with Crippen molar-refractivity contribution in [3.05, 3.63) is 107 Å². The number of amides is 2. The number of imide groups is 1. The number of hydrogen-bond acceptors (Lipinski definition) is 9. The summed E-state index contributed by atoms with van der Waals surface area (Å²) in [4.78, 5) is 47.9. The van der Waals surface area contributed by atoms with E-state index in [1.54, 1.807) is 37.3 Å². The molecule has 3 aromatic carbocycles. The summed E-state index contributed by atoms with van der Waals surface area (Å²) in [6, 6.07) is 15.3. The van der Waals surface area contributed by atoms with Crippen molar-refractivity contribution in [2.75, 3.05) is 6.61 Å². The number of nitro benzene ring substituents is 2. The molecule has 13 heteroatoms. The van der Waals surface area contributed by atoms with Gasteiger partial charge >= 0.3 is 0 Å². The van der Waals surface area contributed by atoms with E-state index in [1.165, 1.54) is 36.4 Å². The first-order valence-corrected chi connectivity index (χ1v) is 13.1. The van der Waals surface area contributed by atoms with Crippen molar-refractivity contribution in [3.8, 4) is 11.5 Å². The van der Waals surface area contributed by atoms with Gasteiger partial charge in [0.05, 0.1) is 32.4 Å². The topological polar surface area (TPSA) is 142 Å².